The minimum Gasteiger partial charge on any atom is -0.491 e. The van der Waals surface area contributed by atoms with Gasteiger partial charge in [0.1, 0.15) is 12.4 Å². The van der Waals surface area contributed by atoms with Crippen LogP contribution in [0.5, 0.6) is 5.75 Å². The van der Waals surface area contributed by atoms with Crippen LogP contribution in [0.2, 0.25) is 0 Å². The molecule has 1 saturated heterocycles. The summed E-state index contributed by atoms with van der Waals surface area (Å²) in [5, 5.41) is 13.7. The van der Waals surface area contributed by atoms with E-state index in [1.807, 2.05) is 0 Å². The van der Waals surface area contributed by atoms with Crippen molar-refractivity contribution in [3.63, 3.8) is 0 Å². The Morgan fingerprint density at radius 2 is 2.00 bits per heavy atom. The lowest BCUT2D eigenvalue weighted by Crippen LogP contribution is -2.35. The van der Waals surface area contributed by atoms with E-state index in [9.17, 15) is 32.1 Å². The summed E-state index contributed by atoms with van der Waals surface area (Å²) in [7, 11) is 0. The lowest BCUT2D eigenvalue weighted by Gasteiger charge is -2.23. The molecule has 1 fully saturated rings. The molecule has 23 heavy (non-hydrogen) atoms. The highest BCUT2D eigenvalue weighted by Gasteiger charge is 2.60. The second-order valence-corrected chi connectivity index (χ2v) is 5.11. The standard InChI is InChI=1S/C13H13F5N2O3/c14-12(15,13(16,17)18)10-4-3-9(20(21)22)6-11(10)23-7-8-2-1-5-19-8/h3-4,6,8,19H,1-2,5,7H2/t8-/m0/s1. The Kier molecular flexibility index (Phi) is 4.73. The highest BCUT2D eigenvalue weighted by Crippen LogP contribution is 2.47. The van der Waals surface area contributed by atoms with Crippen LogP contribution in [0.25, 0.3) is 0 Å². The molecular weight excluding hydrogens is 327 g/mol. The Hall–Kier alpha value is -1.97. The van der Waals surface area contributed by atoms with Crippen LogP contribution in [0.1, 0.15) is 18.4 Å². The fraction of sp³-hybridized carbons (Fsp3) is 0.538. The summed E-state index contributed by atoms with van der Waals surface area (Å²) < 4.78 is 69.8. The van der Waals surface area contributed by atoms with Gasteiger partial charge in [-0.3, -0.25) is 10.1 Å². The Morgan fingerprint density at radius 3 is 2.52 bits per heavy atom. The molecule has 1 N–H and O–H groups in total. The highest BCUT2D eigenvalue weighted by atomic mass is 19.4. The van der Waals surface area contributed by atoms with E-state index in [0.29, 0.717) is 31.2 Å². The van der Waals surface area contributed by atoms with Crippen LogP contribution in [0.15, 0.2) is 18.2 Å². The zero-order valence-corrected chi connectivity index (χ0v) is 11.7. The predicted molar refractivity (Wildman–Crippen MR) is 69.6 cm³/mol. The van der Waals surface area contributed by atoms with Crippen molar-refractivity contribution >= 4 is 5.69 Å². The van der Waals surface area contributed by atoms with Gasteiger partial charge in [0.2, 0.25) is 0 Å². The molecule has 0 aliphatic carbocycles. The van der Waals surface area contributed by atoms with Crippen molar-refractivity contribution in [3.8, 4) is 5.75 Å². The monoisotopic (exact) mass is 340 g/mol. The van der Waals surface area contributed by atoms with Crippen molar-refractivity contribution in [3.05, 3.63) is 33.9 Å². The second kappa shape index (κ2) is 6.26. The van der Waals surface area contributed by atoms with Crippen LogP contribution in [0, 0.1) is 10.1 Å². The molecule has 0 spiro atoms. The van der Waals surface area contributed by atoms with Gasteiger partial charge in [-0.15, -0.1) is 0 Å². The summed E-state index contributed by atoms with van der Waals surface area (Å²) >= 11 is 0. The van der Waals surface area contributed by atoms with Gasteiger partial charge < -0.3 is 10.1 Å². The third-order valence-corrected chi connectivity index (χ3v) is 3.47. The number of halogens is 5. The van der Waals surface area contributed by atoms with E-state index in [2.05, 4.69) is 5.32 Å². The van der Waals surface area contributed by atoms with Gasteiger partial charge in [-0.05, 0) is 25.5 Å². The lowest BCUT2D eigenvalue weighted by molar-refractivity contribution is -0.385. The highest BCUT2D eigenvalue weighted by molar-refractivity contribution is 5.47. The lowest BCUT2D eigenvalue weighted by atomic mass is 10.1. The van der Waals surface area contributed by atoms with Gasteiger partial charge in [-0.2, -0.15) is 22.0 Å². The molecule has 0 radical (unpaired) electrons. The number of non-ortho nitro benzene ring substituents is 1. The van der Waals surface area contributed by atoms with Gasteiger partial charge in [0.05, 0.1) is 16.6 Å². The van der Waals surface area contributed by atoms with Gasteiger partial charge >= 0.3 is 12.1 Å². The molecule has 1 heterocycles. The van der Waals surface area contributed by atoms with Gasteiger partial charge in [0.15, 0.2) is 0 Å². The Morgan fingerprint density at radius 1 is 1.30 bits per heavy atom. The van der Waals surface area contributed by atoms with Crippen molar-refractivity contribution in [1.29, 1.82) is 0 Å². The van der Waals surface area contributed by atoms with Crippen LogP contribution < -0.4 is 10.1 Å². The summed E-state index contributed by atoms with van der Waals surface area (Å²) in [5.41, 5.74) is -2.06. The molecule has 1 aromatic carbocycles. The maximum absolute atomic E-state index is 13.6. The first kappa shape index (κ1) is 17.4. The number of nitro benzene ring substituents is 1. The zero-order valence-electron chi connectivity index (χ0n) is 11.7. The number of benzene rings is 1. The topological polar surface area (TPSA) is 64.4 Å². The molecule has 0 amide bonds. The fourth-order valence-corrected chi connectivity index (χ4v) is 2.25. The summed E-state index contributed by atoms with van der Waals surface area (Å²) in [6, 6.07) is 1.37. The van der Waals surface area contributed by atoms with Crippen molar-refractivity contribution in [2.75, 3.05) is 13.2 Å². The van der Waals surface area contributed by atoms with Crippen molar-refractivity contribution in [2.24, 2.45) is 0 Å². The van der Waals surface area contributed by atoms with Crippen molar-refractivity contribution < 1.29 is 31.6 Å². The quantitative estimate of drug-likeness (QED) is 0.507. The number of nitro groups is 1. The first-order valence-electron chi connectivity index (χ1n) is 6.72. The SMILES string of the molecule is O=[N+]([O-])c1ccc(C(F)(F)C(F)(F)F)c(OC[C@@H]2CCCN2)c1. The molecule has 2 rings (SSSR count). The van der Waals surface area contributed by atoms with Crippen molar-refractivity contribution in [1.82, 2.24) is 5.32 Å². The molecule has 0 unspecified atom stereocenters. The van der Waals surface area contributed by atoms with Crippen LogP contribution in [0.4, 0.5) is 27.6 Å². The molecule has 0 saturated carbocycles. The van der Waals surface area contributed by atoms with Gasteiger partial charge in [-0.1, -0.05) is 0 Å². The largest absolute Gasteiger partial charge is 0.491 e. The minimum absolute atomic E-state index is 0.151. The Balaban J connectivity index is 2.34. The van der Waals surface area contributed by atoms with Crippen LogP contribution in [-0.4, -0.2) is 30.3 Å². The van der Waals surface area contributed by atoms with Crippen LogP contribution >= 0.6 is 0 Å². The molecule has 128 valence electrons. The molecule has 1 aliphatic heterocycles. The van der Waals surface area contributed by atoms with Gasteiger partial charge in [-0.25, -0.2) is 0 Å². The molecule has 1 aliphatic rings. The van der Waals surface area contributed by atoms with E-state index in [1.165, 1.54) is 0 Å². The third-order valence-electron chi connectivity index (χ3n) is 3.47. The Labute approximate surface area is 127 Å². The molecule has 5 nitrogen and oxygen atoms in total. The summed E-state index contributed by atoms with van der Waals surface area (Å²) in [6.45, 7) is 0.538. The number of ether oxygens (including phenoxy) is 1. The molecule has 1 atom stereocenters. The van der Waals surface area contributed by atoms with Crippen LogP contribution in [-0.2, 0) is 5.92 Å². The number of alkyl halides is 5. The fourth-order valence-electron chi connectivity index (χ4n) is 2.25. The second-order valence-electron chi connectivity index (χ2n) is 5.11. The first-order chi connectivity index (χ1) is 10.6. The van der Waals surface area contributed by atoms with E-state index in [1.54, 1.807) is 0 Å². The van der Waals surface area contributed by atoms with E-state index in [4.69, 9.17) is 4.74 Å². The van der Waals surface area contributed by atoms with Gasteiger partial charge in [0.25, 0.3) is 5.69 Å². The number of nitrogens with one attached hydrogen (secondary N) is 1. The summed E-state index contributed by atoms with van der Waals surface area (Å²) in [4.78, 5) is 9.81. The minimum atomic E-state index is -5.83. The van der Waals surface area contributed by atoms with Crippen LogP contribution in [0.3, 0.4) is 0 Å². The smallest absolute Gasteiger partial charge is 0.458 e. The number of rotatable bonds is 5. The number of hydrogen-bond donors (Lipinski definition) is 1. The average Bonchev–Trinajstić information content (AvgIpc) is 2.96. The normalized spacial score (nSPS) is 18.9. The van der Waals surface area contributed by atoms with E-state index >= 15 is 0 Å². The first-order valence-corrected chi connectivity index (χ1v) is 6.72. The van der Waals surface area contributed by atoms with E-state index < -0.39 is 34.0 Å². The zero-order chi connectivity index (χ0) is 17.3. The molecular formula is C13H13F5N2O3. The summed E-state index contributed by atoms with van der Waals surface area (Å²) in [6.07, 6.45) is -4.32. The number of hydrogen-bond acceptors (Lipinski definition) is 4. The molecule has 1 aromatic rings. The predicted octanol–water partition coefficient (Wildman–Crippen LogP) is 3.38. The maximum atomic E-state index is 13.6. The maximum Gasteiger partial charge on any atom is 0.458 e. The van der Waals surface area contributed by atoms with Gasteiger partial charge in [0, 0.05) is 12.1 Å². The number of nitrogens with zero attached hydrogens (tertiary/aromatic N) is 1. The molecule has 0 aromatic heterocycles. The van der Waals surface area contributed by atoms with E-state index in [-0.39, 0.29) is 12.6 Å². The third kappa shape index (κ3) is 3.69. The average molecular weight is 340 g/mol. The molecule has 10 heteroatoms. The van der Waals surface area contributed by atoms with E-state index in [0.717, 1.165) is 6.42 Å². The molecule has 0 bridgehead atoms. The summed E-state index contributed by atoms with van der Waals surface area (Å²) in [5.74, 6) is -6.00. The Bertz CT molecular complexity index is 585. The van der Waals surface area contributed by atoms with Crippen molar-refractivity contribution in [2.45, 2.75) is 31.0 Å².